The van der Waals surface area contributed by atoms with Crippen LogP contribution in [0.4, 0.5) is 20.2 Å². The van der Waals surface area contributed by atoms with E-state index in [9.17, 15) is 17.2 Å². The van der Waals surface area contributed by atoms with Gasteiger partial charge in [0.05, 0.1) is 5.69 Å². The summed E-state index contributed by atoms with van der Waals surface area (Å²) in [5, 5.41) is 0. The van der Waals surface area contributed by atoms with Crippen molar-refractivity contribution >= 4 is 21.4 Å². The van der Waals surface area contributed by atoms with E-state index in [1.807, 2.05) is 0 Å². The second-order valence-electron chi connectivity index (χ2n) is 4.24. The second-order valence-corrected chi connectivity index (χ2v) is 5.89. The van der Waals surface area contributed by atoms with E-state index in [-0.39, 0.29) is 11.4 Å². The summed E-state index contributed by atoms with van der Waals surface area (Å²) in [5.74, 6) is -2.77. The zero-order valence-electron chi connectivity index (χ0n) is 10.5. The van der Waals surface area contributed by atoms with Crippen LogP contribution < -0.4 is 10.5 Å². The van der Waals surface area contributed by atoms with Crippen molar-refractivity contribution in [2.75, 3.05) is 10.5 Å². The number of nitrogens with two attached hydrogens (primary N) is 1. The number of nitrogens with one attached hydrogen (secondary N) is 1. The maximum absolute atomic E-state index is 13.6. The number of hydrogen-bond acceptors (Lipinski definition) is 3. The van der Waals surface area contributed by atoms with Crippen molar-refractivity contribution in [2.24, 2.45) is 0 Å². The van der Waals surface area contributed by atoms with Crippen LogP contribution in [0.1, 0.15) is 5.56 Å². The molecule has 2 aromatic carbocycles. The molecule has 0 spiro atoms. The molecular weight excluding hydrogens is 286 g/mol. The Balaban J connectivity index is 2.49. The molecule has 0 unspecified atom stereocenters. The van der Waals surface area contributed by atoms with E-state index in [1.165, 1.54) is 6.07 Å². The molecule has 0 aliphatic carbocycles. The van der Waals surface area contributed by atoms with E-state index in [4.69, 9.17) is 5.73 Å². The first-order valence-electron chi connectivity index (χ1n) is 5.64. The first-order valence-corrected chi connectivity index (χ1v) is 7.12. The number of benzene rings is 2. The molecular formula is C13H12F2N2O2S. The lowest BCUT2D eigenvalue weighted by molar-refractivity contribution is 0.486. The number of sulfonamides is 1. The third-order valence-corrected chi connectivity index (χ3v) is 4.06. The Morgan fingerprint density at radius 1 is 1.15 bits per heavy atom. The topological polar surface area (TPSA) is 72.2 Å². The molecule has 0 heterocycles. The van der Waals surface area contributed by atoms with E-state index < -0.39 is 26.6 Å². The Labute approximate surface area is 115 Å². The quantitative estimate of drug-likeness (QED) is 0.856. The van der Waals surface area contributed by atoms with E-state index in [0.717, 1.165) is 12.1 Å². The second kappa shape index (κ2) is 5.09. The van der Waals surface area contributed by atoms with Gasteiger partial charge in [0.25, 0.3) is 10.0 Å². The lowest BCUT2D eigenvalue weighted by Gasteiger charge is -2.11. The lowest BCUT2D eigenvalue weighted by atomic mass is 10.2. The molecule has 0 bridgehead atoms. The van der Waals surface area contributed by atoms with Gasteiger partial charge in [0.1, 0.15) is 4.90 Å². The zero-order chi connectivity index (χ0) is 14.9. The third-order valence-electron chi connectivity index (χ3n) is 2.70. The van der Waals surface area contributed by atoms with Crippen LogP contribution in [0.2, 0.25) is 0 Å². The summed E-state index contributed by atoms with van der Waals surface area (Å²) >= 11 is 0. The first-order chi connectivity index (χ1) is 9.31. The molecule has 0 atom stereocenters. The van der Waals surface area contributed by atoms with Gasteiger partial charge in [-0.2, -0.15) is 0 Å². The van der Waals surface area contributed by atoms with Gasteiger partial charge in [-0.15, -0.1) is 0 Å². The van der Waals surface area contributed by atoms with Gasteiger partial charge in [-0.1, -0.05) is 18.2 Å². The maximum atomic E-state index is 13.6. The number of aryl methyl sites for hydroxylation is 1. The number of rotatable bonds is 3. The van der Waals surface area contributed by atoms with Crippen molar-refractivity contribution in [3.63, 3.8) is 0 Å². The summed E-state index contributed by atoms with van der Waals surface area (Å²) in [4.78, 5) is -0.821. The van der Waals surface area contributed by atoms with Crippen LogP contribution in [0.15, 0.2) is 41.3 Å². The van der Waals surface area contributed by atoms with E-state index in [2.05, 4.69) is 4.72 Å². The fourth-order valence-corrected chi connectivity index (χ4v) is 2.92. The van der Waals surface area contributed by atoms with Gasteiger partial charge in [0.15, 0.2) is 11.6 Å². The first kappa shape index (κ1) is 14.3. The molecule has 106 valence electrons. The predicted molar refractivity (Wildman–Crippen MR) is 72.8 cm³/mol. The van der Waals surface area contributed by atoms with Crippen molar-refractivity contribution in [1.82, 2.24) is 0 Å². The minimum absolute atomic E-state index is 0.172. The summed E-state index contributed by atoms with van der Waals surface area (Å²) in [5.41, 5.74) is 6.12. The van der Waals surface area contributed by atoms with Gasteiger partial charge < -0.3 is 5.73 Å². The lowest BCUT2D eigenvalue weighted by Crippen LogP contribution is -2.16. The fraction of sp³-hybridized carbons (Fsp3) is 0.0769. The van der Waals surface area contributed by atoms with E-state index in [0.29, 0.717) is 5.56 Å². The average Bonchev–Trinajstić information content (AvgIpc) is 2.36. The summed E-state index contributed by atoms with van der Waals surface area (Å²) in [6.45, 7) is 1.69. The summed E-state index contributed by atoms with van der Waals surface area (Å²) in [6.07, 6.45) is 0. The number of hydrogen-bond donors (Lipinski definition) is 2. The molecule has 3 N–H and O–H groups in total. The Bertz CT molecular complexity index is 761. The van der Waals surface area contributed by atoms with Crippen molar-refractivity contribution in [3.05, 3.63) is 53.6 Å². The highest BCUT2D eigenvalue weighted by atomic mass is 32.2. The van der Waals surface area contributed by atoms with Gasteiger partial charge in [0.2, 0.25) is 0 Å². The third kappa shape index (κ3) is 2.72. The molecule has 0 amide bonds. The highest BCUT2D eigenvalue weighted by Gasteiger charge is 2.23. The van der Waals surface area contributed by atoms with Crippen molar-refractivity contribution < 1.29 is 17.2 Å². The van der Waals surface area contributed by atoms with Crippen LogP contribution in [-0.2, 0) is 10.0 Å². The van der Waals surface area contributed by atoms with E-state index >= 15 is 0 Å². The molecule has 0 aliphatic rings. The molecule has 0 aliphatic heterocycles. The Hall–Kier alpha value is -2.15. The van der Waals surface area contributed by atoms with Gasteiger partial charge in [-0.25, -0.2) is 17.2 Å². The number of para-hydroxylation sites is 1. The van der Waals surface area contributed by atoms with Crippen LogP contribution >= 0.6 is 0 Å². The average molecular weight is 298 g/mol. The minimum Gasteiger partial charge on any atom is -0.399 e. The highest BCUT2D eigenvalue weighted by molar-refractivity contribution is 7.92. The zero-order valence-corrected chi connectivity index (χ0v) is 11.3. The molecule has 0 radical (unpaired) electrons. The molecule has 0 saturated heterocycles. The van der Waals surface area contributed by atoms with Crippen LogP contribution in [-0.4, -0.2) is 8.42 Å². The molecule has 2 aromatic rings. The van der Waals surface area contributed by atoms with Crippen LogP contribution in [0, 0.1) is 18.6 Å². The molecule has 2 rings (SSSR count). The Morgan fingerprint density at radius 2 is 1.80 bits per heavy atom. The van der Waals surface area contributed by atoms with Crippen molar-refractivity contribution in [1.29, 1.82) is 0 Å². The maximum Gasteiger partial charge on any atom is 0.265 e. The molecule has 20 heavy (non-hydrogen) atoms. The molecule has 0 saturated carbocycles. The van der Waals surface area contributed by atoms with Crippen molar-refractivity contribution in [2.45, 2.75) is 11.8 Å². The fourth-order valence-electron chi connectivity index (χ4n) is 1.67. The molecule has 0 aromatic heterocycles. The predicted octanol–water partition coefficient (Wildman–Crippen LogP) is 2.66. The molecule has 7 heteroatoms. The number of halogens is 2. The Kier molecular flexibility index (Phi) is 3.63. The largest absolute Gasteiger partial charge is 0.399 e. The van der Waals surface area contributed by atoms with Crippen LogP contribution in [0.3, 0.4) is 0 Å². The van der Waals surface area contributed by atoms with Crippen LogP contribution in [0.25, 0.3) is 0 Å². The SMILES string of the molecule is Cc1ccccc1NS(=O)(=O)c1cc(N)cc(F)c1F. The van der Waals surface area contributed by atoms with Gasteiger partial charge in [-0.3, -0.25) is 4.72 Å². The molecule has 4 nitrogen and oxygen atoms in total. The van der Waals surface area contributed by atoms with Gasteiger partial charge >= 0.3 is 0 Å². The van der Waals surface area contributed by atoms with Crippen molar-refractivity contribution in [3.8, 4) is 0 Å². The number of nitrogen functional groups attached to an aromatic ring is 1. The monoisotopic (exact) mass is 298 g/mol. The number of anilines is 2. The smallest absolute Gasteiger partial charge is 0.265 e. The molecule has 0 fully saturated rings. The highest BCUT2D eigenvalue weighted by Crippen LogP contribution is 2.24. The minimum atomic E-state index is -4.26. The van der Waals surface area contributed by atoms with Gasteiger partial charge in [0, 0.05) is 5.69 Å². The Morgan fingerprint density at radius 3 is 2.45 bits per heavy atom. The van der Waals surface area contributed by atoms with Gasteiger partial charge in [-0.05, 0) is 30.7 Å². The van der Waals surface area contributed by atoms with E-state index in [1.54, 1.807) is 25.1 Å². The normalized spacial score (nSPS) is 11.3. The summed E-state index contributed by atoms with van der Waals surface area (Å²) in [6, 6.07) is 8.16. The summed E-state index contributed by atoms with van der Waals surface area (Å²) < 4.78 is 53.3. The van der Waals surface area contributed by atoms with Crippen LogP contribution in [0.5, 0.6) is 0 Å². The standard InChI is InChI=1S/C13H12F2N2O2S/c1-8-4-2-3-5-11(8)17-20(18,19)12-7-9(16)6-10(14)13(12)15/h2-7,17H,16H2,1H3. The summed E-state index contributed by atoms with van der Waals surface area (Å²) in [7, 11) is -4.26.